The van der Waals surface area contributed by atoms with Gasteiger partial charge in [0.05, 0.1) is 6.04 Å². The van der Waals surface area contributed by atoms with Gasteiger partial charge in [-0.15, -0.1) is 0 Å². The van der Waals surface area contributed by atoms with E-state index >= 15 is 0 Å². The number of benzene rings is 2. The molecule has 0 radical (unpaired) electrons. The fraction of sp³-hybridized carbons (Fsp3) is 0.188. The van der Waals surface area contributed by atoms with Crippen LogP contribution in [0.5, 0.6) is 0 Å². The van der Waals surface area contributed by atoms with E-state index in [1.54, 1.807) is 18.2 Å². The third-order valence-electron chi connectivity index (χ3n) is 3.12. The van der Waals surface area contributed by atoms with Crippen LogP contribution in [0.3, 0.4) is 0 Å². The van der Waals surface area contributed by atoms with E-state index in [0.29, 0.717) is 5.56 Å². The van der Waals surface area contributed by atoms with Gasteiger partial charge in [-0.1, -0.05) is 28.1 Å². The van der Waals surface area contributed by atoms with Crippen molar-refractivity contribution in [1.29, 1.82) is 0 Å². The first-order valence-electron chi connectivity index (χ1n) is 6.30. The Morgan fingerprint density at radius 3 is 2.65 bits per heavy atom. The summed E-state index contributed by atoms with van der Waals surface area (Å²) in [7, 11) is 0. The first-order valence-corrected chi connectivity index (χ1v) is 7.09. The van der Waals surface area contributed by atoms with Crippen LogP contribution in [0.2, 0.25) is 0 Å². The predicted molar refractivity (Wildman–Crippen MR) is 81.2 cm³/mol. The van der Waals surface area contributed by atoms with Crippen molar-refractivity contribution in [2.75, 3.05) is 0 Å². The largest absolute Gasteiger partial charge is 0.346 e. The maximum absolute atomic E-state index is 13.2. The summed E-state index contributed by atoms with van der Waals surface area (Å²) in [5.41, 5.74) is 2.33. The molecular weight excluding hydrogens is 321 g/mol. The van der Waals surface area contributed by atoms with Gasteiger partial charge in [0.2, 0.25) is 0 Å². The van der Waals surface area contributed by atoms with Crippen molar-refractivity contribution in [3.63, 3.8) is 0 Å². The van der Waals surface area contributed by atoms with Gasteiger partial charge in [-0.05, 0) is 55.3 Å². The highest BCUT2D eigenvalue weighted by Gasteiger charge is 2.12. The van der Waals surface area contributed by atoms with Crippen molar-refractivity contribution in [2.45, 2.75) is 19.9 Å². The zero-order valence-electron chi connectivity index (χ0n) is 11.3. The van der Waals surface area contributed by atoms with Gasteiger partial charge in [0.25, 0.3) is 5.91 Å². The molecule has 0 saturated heterocycles. The molecule has 4 heteroatoms. The molecule has 0 spiro atoms. The Morgan fingerprint density at radius 1 is 1.25 bits per heavy atom. The molecule has 1 unspecified atom stereocenters. The zero-order valence-corrected chi connectivity index (χ0v) is 12.9. The van der Waals surface area contributed by atoms with Crippen LogP contribution in [-0.4, -0.2) is 5.91 Å². The molecule has 0 fully saturated rings. The lowest BCUT2D eigenvalue weighted by molar-refractivity contribution is 0.0939. The molecule has 20 heavy (non-hydrogen) atoms. The second-order valence-corrected chi connectivity index (χ2v) is 5.57. The molecule has 0 aromatic heterocycles. The van der Waals surface area contributed by atoms with Crippen molar-refractivity contribution < 1.29 is 9.18 Å². The summed E-state index contributed by atoms with van der Waals surface area (Å²) in [6.07, 6.45) is 0. The van der Waals surface area contributed by atoms with E-state index in [1.165, 1.54) is 12.1 Å². The number of rotatable bonds is 3. The van der Waals surface area contributed by atoms with Gasteiger partial charge in [-0.3, -0.25) is 4.79 Å². The van der Waals surface area contributed by atoms with Gasteiger partial charge >= 0.3 is 0 Å². The van der Waals surface area contributed by atoms with Gasteiger partial charge < -0.3 is 5.32 Å². The molecule has 0 aliphatic heterocycles. The van der Waals surface area contributed by atoms with Gasteiger partial charge in [0, 0.05) is 10.0 Å². The molecular formula is C16H15BrFNO. The summed E-state index contributed by atoms with van der Waals surface area (Å²) in [5, 5.41) is 2.87. The number of aryl methyl sites for hydroxylation is 1. The lowest BCUT2D eigenvalue weighted by Crippen LogP contribution is -2.26. The van der Waals surface area contributed by atoms with Crippen LogP contribution in [0.4, 0.5) is 4.39 Å². The summed E-state index contributed by atoms with van der Waals surface area (Å²) < 4.78 is 14.1. The Bertz CT molecular complexity index is 642. The third kappa shape index (κ3) is 3.45. The maximum atomic E-state index is 13.2. The number of carbonyl (C=O) groups is 1. The molecule has 0 aliphatic rings. The first-order chi connectivity index (χ1) is 9.47. The normalized spacial score (nSPS) is 12.0. The smallest absolute Gasteiger partial charge is 0.251 e. The number of amides is 1. The molecule has 0 saturated carbocycles. The monoisotopic (exact) mass is 335 g/mol. The predicted octanol–water partition coefficient (Wildman–Crippen LogP) is 4.39. The zero-order chi connectivity index (χ0) is 14.7. The van der Waals surface area contributed by atoms with Gasteiger partial charge in [-0.25, -0.2) is 4.39 Å². The number of nitrogens with one attached hydrogen (secondary N) is 1. The summed E-state index contributed by atoms with van der Waals surface area (Å²) in [6, 6.07) is 11.4. The van der Waals surface area contributed by atoms with E-state index in [-0.39, 0.29) is 17.8 Å². The molecule has 0 bridgehead atoms. The van der Waals surface area contributed by atoms with E-state index in [2.05, 4.69) is 21.2 Å². The van der Waals surface area contributed by atoms with E-state index in [9.17, 15) is 9.18 Å². The van der Waals surface area contributed by atoms with Crippen LogP contribution in [-0.2, 0) is 0 Å². The minimum absolute atomic E-state index is 0.169. The topological polar surface area (TPSA) is 29.1 Å². The minimum atomic E-state index is -0.303. The average molecular weight is 336 g/mol. The molecule has 104 valence electrons. The highest BCUT2D eigenvalue weighted by molar-refractivity contribution is 9.10. The second-order valence-electron chi connectivity index (χ2n) is 4.71. The molecule has 0 heterocycles. The Balaban J connectivity index is 2.13. The molecule has 2 rings (SSSR count). The summed E-state index contributed by atoms with van der Waals surface area (Å²) in [5.74, 6) is -0.472. The summed E-state index contributed by atoms with van der Waals surface area (Å²) >= 11 is 3.40. The number of halogens is 2. The molecule has 1 atom stereocenters. The lowest BCUT2D eigenvalue weighted by Gasteiger charge is -2.15. The van der Waals surface area contributed by atoms with Gasteiger partial charge in [0.1, 0.15) is 5.82 Å². The Labute approximate surface area is 126 Å². The molecule has 1 N–H and O–H groups in total. The lowest BCUT2D eigenvalue weighted by atomic mass is 10.1. The highest BCUT2D eigenvalue weighted by atomic mass is 79.9. The Morgan fingerprint density at radius 2 is 2.00 bits per heavy atom. The molecule has 2 aromatic carbocycles. The van der Waals surface area contributed by atoms with E-state index in [0.717, 1.165) is 15.6 Å². The Kier molecular flexibility index (Phi) is 4.55. The van der Waals surface area contributed by atoms with Gasteiger partial charge in [-0.2, -0.15) is 0 Å². The first kappa shape index (κ1) is 14.7. The molecule has 0 aliphatic carbocycles. The number of hydrogen-bond acceptors (Lipinski definition) is 1. The molecule has 2 nitrogen and oxygen atoms in total. The second kappa shape index (κ2) is 6.18. The average Bonchev–Trinajstić information content (AvgIpc) is 2.41. The highest BCUT2D eigenvalue weighted by Crippen LogP contribution is 2.18. The van der Waals surface area contributed by atoms with E-state index < -0.39 is 0 Å². The van der Waals surface area contributed by atoms with Crippen molar-refractivity contribution in [3.05, 3.63) is 69.4 Å². The van der Waals surface area contributed by atoms with Crippen LogP contribution in [0.15, 0.2) is 46.9 Å². The summed E-state index contributed by atoms with van der Waals surface area (Å²) in [4.78, 5) is 12.2. The van der Waals surface area contributed by atoms with Crippen LogP contribution < -0.4 is 5.32 Å². The fourth-order valence-corrected chi connectivity index (χ4v) is 2.17. The van der Waals surface area contributed by atoms with Crippen LogP contribution in [0.1, 0.15) is 34.5 Å². The minimum Gasteiger partial charge on any atom is -0.346 e. The third-order valence-corrected chi connectivity index (χ3v) is 4.01. The fourth-order valence-electron chi connectivity index (χ4n) is 1.93. The SMILES string of the molecule is Cc1cc(C(=O)NC(C)c2cccc(F)c2)ccc1Br. The maximum Gasteiger partial charge on any atom is 0.251 e. The van der Waals surface area contributed by atoms with Gasteiger partial charge in [0.15, 0.2) is 0 Å². The van der Waals surface area contributed by atoms with E-state index in [4.69, 9.17) is 0 Å². The van der Waals surface area contributed by atoms with Crippen molar-refractivity contribution in [1.82, 2.24) is 5.32 Å². The van der Waals surface area contributed by atoms with Crippen molar-refractivity contribution in [2.24, 2.45) is 0 Å². The van der Waals surface area contributed by atoms with Crippen LogP contribution in [0, 0.1) is 12.7 Å². The van der Waals surface area contributed by atoms with Crippen LogP contribution >= 0.6 is 15.9 Å². The van der Waals surface area contributed by atoms with Crippen molar-refractivity contribution in [3.8, 4) is 0 Å². The van der Waals surface area contributed by atoms with Crippen LogP contribution in [0.25, 0.3) is 0 Å². The number of hydrogen-bond donors (Lipinski definition) is 1. The quantitative estimate of drug-likeness (QED) is 0.885. The van der Waals surface area contributed by atoms with E-state index in [1.807, 2.05) is 26.0 Å². The Hall–Kier alpha value is -1.68. The standard InChI is InChI=1S/C16H15BrFNO/c1-10-8-13(6-7-15(10)17)16(20)19-11(2)12-4-3-5-14(18)9-12/h3-9,11H,1-2H3,(H,19,20). The molecule has 2 aromatic rings. The molecule has 1 amide bonds. The summed E-state index contributed by atoms with van der Waals surface area (Å²) in [6.45, 7) is 3.76. The number of carbonyl (C=O) groups excluding carboxylic acids is 1. The van der Waals surface area contributed by atoms with Crippen molar-refractivity contribution >= 4 is 21.8 Å².